The summed E-state index contributed by atoms with van der Waals surface area (Å²) in [4.78, 5) is 32.3. The standard InChI is InChI=1S/C23H19BrIN3O2S/c1-3-18-20(14-4-6-15(24)7-5-14)21-22(31-18)26-12-28(23(21)30)11-19(29)27-17-9-8-16(25)10-13(17)2/h4-10,12H,3,11H2,1-2H3,(H,27,29). The molecule has 0 spiro atoms. The van der Waals surface area contributed by atoms with Crippen molar-refractivity contribution >= 4 is 71.7 Å². The molecule has 2 aromatic carbocycles. The number of rotatable bonds is 5. The summed E-state index contributed by atoms with van der Waals surface area (Å²) in [7, 11) is 0. The van der Waals surface area contributed by atoms with E-state index in [-0.39, 0.29) is 18.0 Å². The maximum Gasteiger partial charge on any atom is 0.263 e. The van der Waals surface area contributed by atoms with Crippen molar-refractivity contribution in [2.45, 2.75) is 26.8 Å². The van der Waals surface area contributed by atoms with Crippen LogP contribution in [0.25, 0.3) is 21.3 Å². The summed E-state index contributed by atoms with van der Waals surface area (Å²) in [5.74, 6) is -0.260. The topological polar surface area (TPSA) is 64.0 Å². The number of anilines is 1. The Kier molecular flexibility index (Phi) is 6.59. The molecule has 2 heterocycles. The molecule has 0 unspecified atom stereocenters. The van der Waals surface area contributed by atoms with E-state index in [4.69, 9.17) is 0 Å². The lowest BCUT2D eigenvalue weighted by Crippen LogP contribution is -2.28. The molecule has 1 N–H and O–H groups in total. The van der Waals surface area contributed by atoms with E-state index in [0.717, 1.165) is 41.7 Å². The summed E-state index contributed by atoms with van der Waals surface area (Å²) in [6.45, 7) is 3.92. The molecule has 0 saturated heterocycles. The number of fused-ring (bicyclic) bond motifs is 1. The van der Waals surface area contributed by atoms with Crippen LogP contribution in [0.2, 0.25) is 0 Å². The zero-order valence-corrected chi connectivity index (χ0v) is 21.5. The van der Waals surface area contributed by atoms with Crippen molar-refractivity contribution in [3.05, 3.63) is 77.6 Å². The lowest BCUT2D eigenvalue weighted by molar-refractivity contribution is -0.116. The summed E-state index contributed by atoms with van der Waals surface area (Å²) in [5, 5.41) is 3.47. The molecule has 0 radical (unpaired) electrons. The normalized spacial score (nSPS) is 11.1. The van der Waals surface area contributed by atoms with Crippen molar-refractivity contribution in [1.29, 1.82) is 0 Å². The molecular weight excluding hydrogens is 589 g/mol. The van der Waals surface area contributed by atoms with E-state index in [1.807, 2.05) is 49.4 Å². The number of carbonyl (C=O) groups excluding carboxylic acids is 1. The van der Waals surface area contributed by atoms with Gasteiger partial charge in [0.05, 0.1) is 11.7 Å². The van der Waals surface area contributed by atoms with E-state index in [1.165, 1.54) is 22.2 Å². The second kappa shape index (κ2) is 9.22. The van der Waals surface area contributed by atoms with Gasteiger partial charge in [0.1, 0.15) is 11.4 Å². The van der Waals surface area contributed by atoms with Crippen LogP contribution in [0, 0.1) is 10.5 Å². The summed E-state index contributed by atoms with van der Waals surface area (Å²) in [6, 6.07) is 13.7. The minimum atomic E-state index is -0.260. The van der Waals surface area contributed by atoms with Crippen LogP contribution in [0.5, 0.6) is 0 Å². The van der Waals surface area contributed by atoms with Gasteiger partial charge in [-0.3, -0.25) is 14.2 Å². The van der Waals surface area contributed by atoms with Gasteiger partial charge in [0.2, 0.25) is 5.91 Å². The van der Waals surface area contributed by atoms with Gasteiger partial charge >= 0.3 is 0 Å². The van der Waals surface area contributed by atoms with Crippen LogP contribution in [0.3, 0.4) is 0 Å². The Morgan fingerprint density at radius 1 is 1.23 bits per heavy atom. The van der Waals surface area contributed by atoms with E-state index < -0.39 is 0 Å². The molecule has 2 aromatic heterocycles. The van der Waals surface area contributed by atoms with Crippen LogP contribution >= 0.6 is 49.9 Å². The highest BCUT2D eigenvalue weighted by molar-refractivity contribution is 14.1. The van der Waals surface area contributed by atoms with Crippen LogP contribution in [0.15, 0.2) is 58.1 Å². The van der Waals surface area contributed by atoms with E-state index in [1.54, 1.807) is 0 Å². The van der Waals surface area contributed by atoms with E-state index in [2.05, 4.69) is 55.7 Å². The van der Waals surface area contributed by atoms with Gasteiger partial charge in [0.15, 0.2) is 0 Å². The van der Waals surface area contributed by atoms with Crippen LogP contribution in [0.1, 0.15) is 17.4 Å². The number of aryl methyl sites for hydroxylation is 2. The first-order valence-electron chi connectivity index (χ1n) is 9.70. The second-order valence-corrected chi connectivity index (χ2v) is 10.4. The van der Waals surface area contributed by atoms with Gasteiger partial charge in [0, 0.05) is 24.2 Å². The number of aromatic nitrogens is 2. The molecule has 0 bridgehead atoms. The lowest BCUT2D eigenvalue weighted by atomic mass is 10.0. The third kappa shape index (κ3) is 4.61. The van der Waals surface area contributed by atoms with Crippen LogP contribution in [-0.2, 0) is 17.8 Å². The van der Waals surface area contributed by atoms with Crippen molar-refractivity contribution in [1.82, 2.24) is 9.55 Å². The highest BCUT2D eigenvalue weighted by atomic mass is 127. The fourth-order valence-electron chi connectivity index (χ4n) is 3.47. The quantitative estimate of drug-likeness (QED) is 0.283. The Hall–Kier alpha value is -2.04. The number of halogens is 2. The molecule has 8 heteroatoms. The SMILES string of the molecule is CCc1sc2ncn(CC(=O)Nc3ccc(I)cc3C)c(=O)c2c1-c1ccc(Br)cc1. The Bertz CT molecular complexity index is 1350. The molecule has 4 aromatic rings. The summed E-state index contributed by atoms with van der Waals surface area (Å²) in [5.41, 5.74) is 3.40. The predicted molar refractivity (Wildman–Crippen MR) is 139 cm³/mol. The maximum absolute atomic E-state index is 13.4. The average Bonchev–Trinajstić information content (AvgIpc) is 3.12. The Balaban J connectivity index is 1.72. The number of amides is 1. The third-order valence-electron chi connectivity index (χ3n) is 4.98. The first kappa shape index (κ1) is 22.2. The Morgan fingerprint density at radius 2 is 1.97 bits per heavy atom. The molecule has 31 heavy (non-hydrogen) atoms. The number of benzene rings is 2. The van der Waals surface area contributed by atoms with Crippen molar-refractivity contribution in [2.75, 3.05) is 5.32 Å². The predicted octanol–water partition coefficient (Wildman–Crippen LogP) is 6.00. The van der Waals surface area contributed by atoms with E-state index >= 15 is 0 Å². The summed E-state index contributed by atoms with van der Waals surface area (Å²) >= 11 is 7.23. The Morgan fingerprint density at radius 3 is 2.65 bits per heavy atom. The fourth-order valence-corrected chi connectivity index (χ4v) is 5.47. The molecule has 4 rings (SSSR count). The van der Waals surface area contributed by atoms with E-state index in [0.29, 0.717) is 10.2 Å². The van der Waals surface area contributed by atoms with Gasteiger partial charge < -0.3 is 5.32 Å². The zero-order chi connectivity index (χ0) is 22.1. The van der Waals surface area contributed by atoms with Gasteiger partial charge in [-0.15, -0.1) is 11.3 Å². The number of carbonyl (C=O) groups is 1. The largest absolute Gasteiger partial charge is 0.324 e. The molecule has 1 amide bonds. The van der Waals surface area contributed by atoms with Crippen LogP contribution < -0.4 is 10.9 Å². The van der Waals surface area contributed by atoms with Crippen molar-refractivity contribution < 1.29 is 4.79 Å². The number of nitrogens with one attached hydrogen (secondary N) is 1. The molecule has 0 fully saturated rings. The highest BCUT2D eigenvalue weighted by Crippen LogP contribution is 2.36. The number of nitrogens with zero attached hydrogens (tertiary/aromatic N) is 2. The van der Waals surface area contributed by atoms with Gasteiger partial charge in [-0.05, 0) is 77.4 Å². The third-order valence-corrected chi connectivity index (χ3v) is 7.42. The maximum atomic E-state index is 13.4. The molecule has 0 aliphatic rings. The first-order valence-corrected chi connectivity index (χ1v) is 12.4. The minimum absolute atomic E-state index is 0.0930. The average molecular weight is 608 g/mol. The van der Waals surface area contributed by atoms with Gasteiger partial charge in [0.25, 0.3) is 5.56 Å². The Labute approximate surface area is 205 Å². The molecule has 0 aliphatic carbocycles. The molecule has 158 valence electrons. The van der Waals surface area contributed by atoms with Crippen LogP contribution in [0.4, 0.5) is 5.69 Å². The molecule has 5 nitrogen and oxygen atoms in total. The summed E-state index contributed by atoms with van der Waals surface area (Å²) < 4.78 is 3.46. The van der Waals surface area contributed by atoms with Crippen molar-refractivity contribution in [3.63, 3.8) is 0 Å². The highest BCUT2D eigenvalue weighted by Gasteiger charge is 2.19. The van der Waals surface area contributed by atoms with Gasteiger partial charge in [-0.1, -0.05) is 35.0 Å². The molecule has 0 atom stereocenters. The molecular formula is C23H19BrIN3O2S. The molecule has 0 saturated carbocycles. The first-order chi connectivity index (χ1) is 14.9. The van der Waals surface area contributed by atoms with Gasteiger partial charge in [-0.2, -0.15) is 0 Å². The number of thiophene rings is 1. The second-order valence-electron chi connectivity index (χ2n) is 7.13. The molecule has 0 aliphatic heterocycles. The number of hydrogen-bond acceptors (Lipinski definition) is 4. The minimum Gasteiger partial charge on any atom is -0.324 e. The summed E-state index contributed by atoms with van der Waals surface area (Å²) in [6.07, 6.45) is 2.27. The van der Waals surface area contributed by atoms with Crippen molar-refractivity contribution in [3.8, 4) is 11.1 Å². The van der Waals surface area contributed by atoms with Crippen LogP contribution in [-0.4, -0.2) is 15.5 Å². The zero-order valence-electron chi connectivity index (χ0n) is 16.9. The number of hydrogen-bond donors (Lipinski definition) is 1. The van der Waals surface area contributed by atoms with Crippen molar-refractivity contribution in [2.24, 2.45) is 0 Å². The fraction of sp³-hybridized carbons (Fsp3) is 0.174. The lowest BCUT2D eigenvalue weighted by Gasteiger charge is -2.10. The van der Waals surface area contributed by atoms with Gasteiger partial charge in [-0.25, -0.2) is 4.98 Å². The smallest absolute Gasteiger partial charge is 0.263 e. The monoisotopic (exact) mass is 607 g/mol. The van der Waals surface area contributed by atoms with E-state index in [9.17, 15) is 9.59 Å².